The van der Waals surface area contributed by atoms with Crippen molar-refractivity contribution in [1.29, 1.82) is 0 Å². The van der Waals surface area contributed by atoms with Crippen LogP contribution in [0.5, 0.6) is 11.5 Å². The van der Waals surface area contributed by atoms with Crippen molar-refractivity contribution < 1.29 is 28.3 Å². The molecule has 3 aromatic rings. The summed E-state index contributed by atoms with van der Waals surface area (Å²) in [5.41, 5.74) is 2.88. The Hall–Kier alpha value is -4.07. The van der Waals surface area contributed by atoms with Gasteiger partial charge in [0, 0.05) is 18.7 Å². The fraction of sp³-hybridized carbons (Fsp3) is 0.321. The molecule has 0 saturated carbocycles. The van der Waals surface area contributed by atoms with E-state index in [1.54, 1.807) is 35.2 Å². The largest absolute Gasteiger partial charge is 0.485 e. The highest BCUT2D eigenvalue weighted by atomic mass is 16.5. The molecular weight excluding hydrogens is 460 g/mol. The van der Waals surface area contributed by atoms with Crippen LogP contribution in [0.2, 0.25) is 0 Å². The van der Waals surface area contributed by atoms with E-state index in [9.17, 15) is 14.4 Å². The monoisotopic (exact) mass is 488 g/mol. The molecule has 36 heavy (non-hydrogen) atoms. The van der Waals surface area contributed by atoms with Gasteiger partial charge < -0.3 is 18.8 Å². The third-order valence-electron chi connectivity index (χ3n) is 6.51. The maximum absolute atomic E-state index is 12.9. The van der Waals surface area contributed by atoms with E-state index in [0.29, 0.717) is 28.5 Å². The highest BCUT2D eigenvalue weighted by Gasteiger charge is 2.29. The summed E-state index contributed by atoms with van der Waals surface area (Å²) in [5.74, 6) is 1.30. The van der Waals surface area contributed by atoms with Gasteiger partial charge in [-0.3, -0.25) is 19.3 Å². The maximum atomic E-state index is 12.9. The first-order valence-corrected chi connectivity index (χ1v) is 12.1. The normalized spacial score (nSPS) is 15.0. The molecule has 0 N–H and O–H groups in total. The van der Waals surface area contributed by atoms with Crippen LogP contribution in [0.15, 0.2) is 52.9 Å². The molecule has 8 nitrogen and oxygen atoms in total. The second-order valence-corrected chi connectivity index (χ2v) is 9.20. The summed E-state index contributed by atoms with van der Waals surface area (Å²) in [7, 11) is 0. The molecule has 1 fully saturated rings. The smallest absolute Gasteiger partial charge is 0.289 e. The second-order valence-electron chi connectivity index (χ2n) is 9.20. The third kappa shape index (κ3) is 4.84. The fourth-order valence-electron chi connectivity index (χ4n) is 4.45. The Morgan fingerprint density at radius 2 is 1.81 bits per heavy atom. The van der Waals surface area contributed by atoms with Crippen molar-refractivity contribution >= 4 is 23.3 Å². The number of rotatable bonds is 7. The number of carbonyl (C=O) groups is 3. The number of anilines is 1. The predicted molar refractivity (Wildman–Crippen MR) is 133 cm³/mol. The number of fused-ring (bicyclic) bond motifs is 1. The average Bonchev–Trinajstić information content (AvgIpc) is 3.58. The Labute approximate surface area is 209 Å². The summed E-state index contributed by atoms with van der Waals surface area (Å²) < 4.78 is 17.2. The summed E-state index contributed by atoms with van der Waals surface area (Å²) in [6.45, 7) is 5.24. The minimum atomic E-state index is -0.262. The average molecular weight is 489 g/mol. The van der Waals surface area contributed by atoms with Crippen molar-refractivity contribution in [2.24, 2.45) is 0 Å². The number of ketones is 1. The van der Waals surface area contributed by atoms with Gasteiger partial charge in [-0.05, 0) is 74.2 Å². The van der Waals surface area contributed by atoms with Gasteiger partial charge in [-0.2, -0.15) is 0 Å². The topological polar surface area (TPSA) is 89.3 Å². The van der Waals surface area contributed by atoms with Crippen molar-refractivity contribution in [1.82, 2.24) is 4.90 Å². The van der Waals surface area contributed by atoms with Crippen LogP contribution < -0.4 is 14.4 Å². The van der Waals surface area contributed by atoms with E-state index in [1.807, 2.05) is 32.0 Å². The Kier molecular flexibility index (Phi) is 6.50. The predicted octanol–water partition coefficient (Wildman–Crippen LogP) is 4.32. The van der Waals surface area contributed by atoms with E-state index >= 15 is 0 Å². The van der Waals surface area contributed by atoms with Crippen molar-refractivity contribution in [2.45, 2.75) is 33.2 Å². The number of ether oxygens (including phenoxy) is 2. The standard InChI is InChI=1S/C28H28N2O6/c1-18-5-6-19(2)26(13-18)34-16-23(31)20-7-9-24-22(14-20)30(27(32)17-35-24)15-21-8-10-25(36-21)28(33)29-11-3-4-12-29/h5-10,13-14H,3-4,11-12,15-17H2,1-2H3. The van der Waals surface area contributed by atoms with Crippen molar-refractivity contribution in [2.75, 3.05) is 31.2 Å². The van der Waals surface area contributed by atoms with E-state index < -0.39 is 0 Å². The molecule has 0 spiro atoms. The fourth-order valence-corrected chi connectivity index (χ4v) is 4.45. The molecule has 8 heteroatoms. The first-order chi connectivity index (χ1) is 17.4. The lowest BCUT2D eigenvalue weighted by atomic mass is 10.1. The molecule has 1 saturated heterocycles. The molecule has 2 aliphatic rings. The van der Waals surface area contributed by atoms with E-state index in [1.165, 1.54) is 4.90 Å². The summed E-state index contributed by atoms with van der Waals surface area (Å²) in [4.78, 5) is 41.6. The molecule has 2 aliphatic heterocycles. The zero-order valence-corrected chi connectivity index (χ0v) is 20.4. The zero-order valence-electron chi connectivity index (χ0n) is 20.4. The zero-order chi connectivity index (χ0) is 25.2. The number of nitrogens with zero attached hydrogens (tertiary/aromatic N) is 2. The Morgan fingerprint density at radius 1 is 1.00 bits per heavy atom. The van der Waals surface area contributed by atoms with Gasteiger partial charge in [0.05, 0.1) is 12.2 Å². The number of furan rings is 1. The minimum absolute atomic E-state index is 0.115. The van der Waals surface area contributed by atoms with E-state index in [2.05, 4.69) is 0 Å². The number of aryl methyl sites for hydroxylation is 2. The molecule has 2 amide bonds. The van der Waals surface area contributed by atoms with Crippen molar-refractivity contribution in [3.8, 4) is 11.5 Å². The highest BCUT2D eigenvalue weighted by molar-refractivity contribution is 6.02. The van der Waals surface area contributed by atoms with Crippen molar-refractivity contribution in [3.63, 3.8) is 0 Å². The minimum Gasteiger partial charge on any atom is -0.485 e. The molecule has 2 aromatic carbocycles. The quantitative estimate of drug-likeness (QED) is 0.460. The molecule has 5 rings (SSSR count). The third-order valence-corrected chi connectivity index (χ3v) is 6.51. The Bertz CT molecular complexity index is 1320. The molecule has 0 atom stereocenters. The molecule has 186 valence electrons. The van der Waals surface area contributed by atoms with Gasteiger partial charge in [0.15, 0.2) is 24.8 Å². The van der Waals surface area contributed by atoms with Crippen LogP contribution in [0.3, 0.4) is 0 Å². The van der Waals surface area contributed by atoms with Crippen LogP contribution in [-0.4, -0.2) is 48.8 Å². The van der Waals surface area contributed by atoms with Gasteiger partial charge in [0.1, 0.15) is 17.3 Å². The van der Waals surface area contributed by atoms with Crippen LogP contribution >= 0.6 is 0 Å². The number of amides is 2. The summed E-state index contributed by atoms with van der Waals surface area (Å²) in [6, 6.07) is 14.2. The first kappa shape index (κ1) is 23.7. The molecule has 0 radical (unpaired) electrons. The van der Waals surface area contributed by atoms with Crippen LogP contribution in [0.4, 0.5) is 5.69 Å². The van der Waals surface area contributed by atoms with Gasteiger partial charge in [-0.15, -0.1) is 0 Å². The highest BCUT2D eigenvalue weighted by Crippen LogP contribution is 2.34. The molecule has 0 unspecified atom stereocenters. The molecule has 0 bridgehead atoms. The number of hydrogen-bond donors (Lipinski definition) is 0. The van der Waals surface area contributed by atoms with Gasteiger partial charge in [0.2, 0.25) is 0 Å². The van der Waals surface area contributed by atoms with E-state index in [-0.39, 0.29) is 43.1 Å². The van der Waals surface area contributed by atoms with Crippen LogP contribution in [0, 0.1) is 13.8 Å². The number of hydrogen-bond acceptors (Lipinski definition) is 6. The number of likely N-dealkylation sites (tertiary alicyclic amines) is 1. The molecule has 3 heterocycles. The van der Waals surface area contributed by atoms with E-state index in [0.717, 1.165) is 37.1 Å². The Morgan fingerprint density at radius 3 is 2.61 bits per heavy atom. The molecular formula is C28H28N2O6. The number of benzene rings is 2. The number of carbonyl (C=O) groups excluding carboxylic acids is 3. The Balaban J connectivity index is 1.32. The lowest BCUT2D eigenvalue weighted by Crippen LogP contribution is -2.38. The second kappa shape index (κ2) is 9.89. The van der Waals surface area contributed by atoms with Crippen LogP contribution in [-0.2, 0) is 11.3 Å². The summed E-state index contributed by atoms with van der Waals surface area (Å²) in [6.07, 6.45) is 1.99. The lowest BCUT2D eigenvalue weighted by molar-refractivity contribution is -0.121. The maximum Gasteiger partial charge on any atom is 0.289 e. The SMILES string of the molecule is Cc1ccc(C)c(OCC(=O)c2ccc3c(c2)N(Cc2ccc(C(=O)N4CCCC4)o2)C(=O)CO3)c1. The summed E-state index contributed by atoms with van der Waals surface area (Å²) >= 11 is 0. The van der Waals surface area contributed by atoms with Gasteiger partial charge in [-0.1, -0.05) is 12.1 Å². The van der Waals surface area contributed by atoms with Crippen molar-refractivity contribution in [3.05, 3.63) is 76.7 Å². The number of Topliss-reactive ketones (excluding diaryl/α,β-unsaturated/α-hetero) is 1. The first-order valence-electron chi connectivity index (χ1n) is 12.1. The molecule has 0 aliphatic carbocycles. The summed E-state index contributed by atoms with van der Waals surface area (Å²) in [5, 5.41) is 0. The van der Waals surface area contributed by atoms with Crippen LogP contribution in [0.25, 0.3) is 0 Å². The van der Waals surface area contributed by atoms with Gasteiger partial charge in [0.25, 0.3) is 11.8 Å². The van der Waals surface area contributed by atoms with E-state index in [4.69, 9.17) is 13.9 Å². The van der Waals surface area contributed by atoms with Gasteiger partial charge in [-0.25, -0.2) is 0 Å². The lowest BCUT2D eigenvalue weighted by Gasteiger charge is -2.29. The van der Waals surface area contributed by atoms with Gasteiger partial charge >= 0.3 is 0 Å². The van der Waals surface area contributed by atoms with Crippen LogP contribution in [0.1, 0.15) is 50.6 Å². The molecule has 1 aromatic heterocycles.